The largest absolute Gasteiger partial charge is 0.352 e. The molecule has 0 spiro atoms. The van der Waals surface area contributed by atoms with Crippen LogP contribution in [0.25, 0.3) is 21.9 Å². The molecule has 2 aliphatic carbocycles. The number of unbranched alkanes of at least 4 members (excludes halogenated alkanes) is 12. The van der Waals surface area contributed by atoms with E-state index in [0.717, 1.165) is 158 Å². The van der Waals surface area contributed by atoms with Crippen LogP contribution in [0.4, 0.5) is 0 Å². The summed E-state index contributed by atoms with van der Waals surface area (Å²) in [7, 11) is 0. The van der Waals surface area contributed by atoms with Crippen LogP contribution in [0.15, 0.2) is 133 Å². The van der Waals surface area contributed by atoms with Crippen LogP contribution in [0.5, 0.6) is 0 Å². The molecular formula is C68H80N4O4. The average Bonchev–Trinajstić information content (AvgIpc) is 3.51. The number of allylic oxidation sites excluding steroid dienone is 2. The molecule has 2 aliphatic rings. The molecule has 0 radical (unpaired) electrons. The first kappa shape index (κ1) is 55.2. The molecule has 0 saturated carbocycles. The first-order valence-corrected chi connectivity index (χ1v) is 28.8. The van der Waals surface area contributed by atoms with Gasteiger partial charge in [0.2, 0.25) is 0 Å². The van der Waals surface area contributed by atoms with Gasteiger partial charge >= 0.3 is 0 Å². The number of hydrogen-bond donors (Lipinski definition) is 4. The number of benzene rings is 6. The number of amides is 4. The van der Waals surface area contributed by atoms with Crippen molar-refractivity contribution in [1.29, 1.82) is 0 Å². The van der Waals surface area contributed by atoms with Crippen molar-refractivity contribution in [1.82, 2.24) is 21.3 Å². The predicted molar refractivity (Wildman–Crippen MR) is 313 cm³/mol. The molecule has 6 aromatic rings. The molecule has 76 heavy (non-hydrogen) atoms. The van der Waals surface area contributed by atoms with E-state index in [1.165, 1.54) is 11.1 Å². The summed E-state index contributed by atoms with van der Waals surface area (Å²) in [5.74, 6) is -0.563. The second-order valence-corrected chi connectivity index (χ2v) is 20.9. The molecule has 2 atom stereocenters. The molecule has 2 unspecified atom stereocenters. The van der Waals surface area contributed by atoms with Crippen LogP contribution in [0, 0.1) is 0 Å². The molecule has 0 aliphatic heterocycles. The highest BCUT2D eigenvalue weighted by molar-refractivity contribution is 6.11. The Hall–Kier alpha value is -7.06. The van der Waals surface area contributed by atoms with Gasteiger partial charge in [-0.25, -0.2) is 0 Å². The Bertz CT molecular complexity index is 2780. The standard InChI is InChI=1S/C68H80N4O4/c1-5-9-13-17-41-69-65(73)51-29-21-47(22-30-51)59-45-60(48-23-31-52(32-24-48)66(74)70-42-18-14-10-6-2)56-39-40-58-62(50-27-35-54(36-28-50)68(76)72-44-20-16-12-8-4)46-61(57-38-37-55(59)63(56)64(57)58)49-25-33-53(34-26-49)67(75)71-43-19-15-11-7-3/h21-40,45-46,59,61H,5-20,41-44H2,1-4H3,(H,69,73)(H,70,74)(H,71,75)(H,72,76). The number of nitrogens with one attached hydrogen (secondary N) is 4. The Kier molecular flexibility index (Phi) is 20.1. The fraction of sp³-hybridized carbons (Fsp3) is 0.382. The second kappa shape index (κ2) is 27.6. The van der Waals surface area contributed by atoms with E-state index in [1.807, 2.05) is 48.5 Å². The third-order valence-corrected chi connectivity index (χ3v) is 15.4. The van der Waals surface area contributed by atoms with Crippen molar-refractivity contribution in [2.24, 2.45) is 0 Å². The van der Waals surface area contributed by atoms with Crippen LogP contribution in [0.1, 0.15) is 228 Å². The number of carbonyl (C=O) groups is 4. The summed E-state index contributed by atoms with van der Waals surface area (Å²) >= 11 is 0. The average molecular weight is 1020 g/mol. The molecule has 0 saturated heterocycles. The minimum atomic E-state index is -0.156. The highest BCUT2D eigenvalue weighted by atomic mass is 16.2. The molecule has 0 aromatic heterocycles. The highest BCUT2D eigenvalue weighted by Gasteiger charge is 2.32. The Morgan fingerprint density at radius 3 is 0.882 bits per heavy atom. The molecule has 4 N–H and O–H groups in total. The van der Waals surface area contributed by atoms with E-state index in [0.29, 0.717) is 48.4 Å². The zero-order valence-corrected chi connectivity index (χ0v) is 45.6. The number of rotatable bonds is 28. The quantitative estimate of drug-likeness (QED) is 0.0366. The van der Waals surface area contributed by atoms with Gasteiger partial charge in [0.1, 0.15) is 0 Å². The van der Waals surface area contributed by atoms with Crippen LogP contribution >= 0.6 is 0 Å². The molecule has 8 rings (SSSR count). The Balaban J connectivity index is 1.21. The van der Waals surface area contributed by atoms with Crippen LogP contribution in [0.2, 0.25) is 0 Å². The maximum atomic E-state index is 13.4. The van der Waals surface area contributed by atoms with Crippen molar-refractivity contribution in [3.05, 3.63) is 200 Å². The molecule has 8 heteroatoms. The number of carbonyl (C=O) groups excluding carboxylic acids is 4. The maximum absolute atomic E-state index is 13.4. The van der Waals surface area contributed by atoms with Crippen LogP contribution < -0.4 is 21.3 Å². The second-order valence-electron chi connectivity index (χ2n) is 20.9. The van der Waals surface area contributed by atoms with Gasteiger partial charge in [0, 0.05) is 60.3 Å². The molecule has 0 heterocycles. The van der Waals surface area contributed by atoms with Crippen molar-refractivity contribution in [3.63, 3.8) is 0 Å². The van der Waals surface area contributed by atoms with Gasteiger partial charge in [0.05, 0.1) is 0 Å². The maximum Gasteiger partial charge on any atom is 0.251 e. The molecule has 396 valence electrons. The van der Waals surface area contributed by atoms with Crippen molar-refractivity contribution < 1.29 is 19.2 Å². The van der Waals surface area contributed by atoms with E-state index in [-0.39, 0.29) is 35.5 Å². The summed E-state index contributed by atoms with van der Waals surface area (Å²) in [5, 5.41) is 14.8. The summed E-state index contributed by atoms with van der Waals surface area (Å²) in [6.45, 7) is 11.4. The normalized spacial score (nSPS) is 14.4. The fourth-order valence-electron chi connectivity index (χ4n) is 11.0. The Morgan fingerprint density at radius 2 is 0.605 bits per heavy atom. The number of hydrogen-bond acceptors (Lipinski definition) is 4. The highest BCUT2D eigenvalue weighted by Crippen LogP contribution is 2.51. The Morgan fingerprint density at radius 1 is 0.329 bits per heavy atom. The third-order valence-electron chi connectivity index (χ3n) is 15.4. The molecule has 4 amide bonds. The SMILES string of the molecule is CCCCCCNC(=O)c1ccc(C2=CC(c3ccc(C(=O)NCCCCCC)cc3)c3ccc4c5c(ccc2c35)C(c2ccc(C(=O)NCCCCCC)cc2)=CC4c2ccc(C(=O)NCCCCCC)cc2)cc1. The fourth-order valence-corrected chi connectivity index (χ4v) is 11.0. The van der Waals surface area contributed by atoms with Crippen molar-refractivity contribution in [2.75, 3.05) is 26.2 Å². The van der Waals surface area contributed by atoms with Gasteiger partial charge in [-0.1, -0.05) is 190 Å². The van der Waals surface area contributed by atoms with Gasteiger partial charge in [-0.3, -0.25) is 19.2 Å². The van der Waals surface area contributed by atoms with Crippen LogP contribution in [-0.4, -0.2) is 49.8 Å². The zero-order chi connectivity index (χ0) is 53.2. The summed E-state index contributed by atoms with van der Waals surface area (Å²) in [6.07, 6.45) is 22.2. The van der Waals surface area contributed by atoms with Crippen molar-refractivity contribution >= 4 is 45.5 Å². The first-order chi connectivity index (χ1) is 37.2. The van der Waals surface area contributed by atoms with Crippen molar-refractivity contribution in [3.8, 4) is 0 Å². The van der Waals surface area contributed by atoms with Gasteiger partial charge in [0.25, 0.3) is 23.6 Å². The van der Waals surface area contributed by atoms with Gasteiger partial charge in [0.15, 0.2) is 0 Å². The van der Waals surface area contributed by atoms with Crippen LogP contribution in [-0.2, 0) is 0 Å². The first-order valence-electron chi connectivity index (χ1n) is 28.8. The van der Waals surface area contributed by atoms with Crippen molar-refractivity contribution in [2.45, 2.75) is 142 Å². The zero-order valence-electron chi connectivity index (χ0n) is 45.6. The van der Waals surface area contributed by atoms with E-state index >= 15 is 0 Å². The molecule has 6 aromatic carbocycles. The Labute approximate surface area is 452 Å². The van der Waals surface area contributed by atoms with Gasteiger partial charge in [-0.05, 0) is 141 Å². The topological polar surface area (TPSA) is 116 Å². The third kappa shape index (κ3) is 13.5. The van der Waals surface area contributed by atoms with E-state index in [2.05, 4.69) is 134 Å². The van der Waals surface area contributed by atoms with E-state index in [1.54, 1.807) is 0 Å². The monoisotopic (exact) mass is 1020 g/mol. The van der Waals surface area contributed by atoms with Gasteiger partial charge in [-0.2, -0.15) is 0 Å². The summed E-state index contributed by atoms with van der Waals surface area (Å²) in [4.78, 5) is 53.4. The lowest BCUT2D eigenvalue weighted by Gasteiger charge is -2.32. The van der Waals surface area contributed by atoms with E-state index < -0.39 is 0 Å². The molecule has 0 bridgehead atoms. The van der Waals surface area contributed by atoms with E-state index in [9.17, 15) is 19.2 Å². The molecule has 8 nitrogen and oxygen atoms in total. The smallest absolute Gasteiger partial charge is 0.251 e. The van der Waals surface area contributed by atoms with E-state index in [4.69, 9.17) is 0 Å². The minimum Gasteiger partial charge on any atom is -0.352 e. The summed E-state index contributed by atoms with van der Waals surface area (Å²) < 4.78 is 0. The predicted octanol–water partition coefficient (Wildman–Crippen LogP) is 15.2. The minimum absolute atomic E-state index is 0.0608. The van der Waals surface area contributed by atoms with Crippen LogP contribution in [0.3, 0.4) is 0 Å². The lowest BCUT2D eigenvalue weighted by Crippen LogP contribution is -2.24. The van der Waals surface area contributed by atoms with Gasteiger partial charge in [-0.15, -0.1) is 0 Å². The summed E-state index contributed by atoms with van der Waals surface area (Å²) in [5.41, 5.74) is 13.4. The molecule has 0 fully saturated rings. The van der Waals surface area contributed by atoms with Gasteiger partial charge < -0.3 is 21.3 Å². The summed E-state index contributed by atoms with van der Waals surface area (Å²) in [6, 6.07) is 41.3. The lowest BCUT2D eigenvalue weighted by molar-refractivity contribution is 0.0944. The lowest BCUT2D eigenvalue weighted by atomic mass is 9.71. The molecular weight excluding hydrogens is 937 g/mol.